The van der Waals surface area contributed by atoms with Crippen molar-refractivity contribution in [1.82, 2.24) is 10.3 Å². The lowest BCUT2D eigenvalue weighted by Crippen LogP contribution is -2.53. The minimum absolute atomic E-state index is 0.295. The summed E-state index contributed by atoms with van der Waals surface area (Å²) in [6, 6.07) is 3.15. The number of pyridine rings is 1. The van der Waals surface area contributed by atoms with Gasteiger partial charge in [0, 0.05) is 18.0 Å². The average Bonchev–Trinajstić information content (AvgIpc) is 2.37. The Morgan fingerprint density at radius 3 is 2.38 bits per heavy atom. The fourth-order valence-electron chi connectivity index (χ4n) is 1.26. The van der Waals surface area contributed by atoms with Gasteiger partial charge in [-0.1, -0.05) is 6.92 Å². The quantitative estimate of drug-likeness (QED) is 0.654. The van der Waals surface area contributed by atoms with Crippen LogP contribution in [0.5, 0.6) is 0 Å². The minimum Gasteiger partial charge on any atom is -0.394 e. The predicted octanol–water partition coefficient (Wildman–Crippen LogP) is -0.0552. The van der Waals surface area contributed by atoms with Crippen molar-refractivity contribution in [2.75, 3.05) is 13.2 Å². The Bertz CT molecular complexity index is 328. The zero-order valence-corrected chi connectivity index (χ0v) is 9.18. The zero-order chi connectivity index (χ0) is 12.0. The fraction of sp³-hybridized carbons (Fsp3) is 0.455. The molecule has 1 amide bonds. The number of aliphatic hydroxyl groups is 2. The summed E-state index contributed by atoms with van der Waals surface area (Å²) in [5.41, 5.74) is -0.505. The van der Waals surface area contributed by atoms with E-state index in [9.17, 15) is 15.0 Å². The summed E-state index contributed by atoms with van der Waals surface area (Å²) in [5, 5.41) is 21.0. The van der Waals surface area contributed by atoms with E-state index >= 15 is 0 Å². The van der Waals surface area contributed by atoms with Crippen LogP contribution in [0, 0.1) is 0 Å². The summed E-state index contributed by atoms with van der Waals surface area (Å²) in [6.07, 6.45) is 3.48. The molecule has 0 fully saturated rings. The number of hydrogen-bond acceptors (Lipinski definition) is 4. The lowest BCUT2D eigenvalue weighted by atomic mass is 9.98. The van der Waals surface area contributed by atoms with Gasteiger partial charge in [0.05, 0.1) is 18.8 Å². The molecule has 0 radical (unpaired) electrons. The molecule has 1 aromatic rings. The third kappa shape index (κ3) is 2.77. The second kappa shape index (κ2) is 5.58. The van der Waals surface area contributed by atoms with Gasteiger partial charge in [0.1, 0.15) is 0 Å². The van der Waals surface area contributed by atoms with Crippen molar-refractivity contribution in [3.63, 3.8) is 0 Å². The van der Waals surface area contributed by atoms with Crippen LogP contribution >= 0.6 is 0 Å². The number of nitrogens with one attached hydrogen (secondary N) is 1. The van der Waals surface area contributed by atoms with Crippen molar-refractivity contribution in [1.29, 1.82) is 0 Å². The smallest absolute Gasteiger partial charge is 0.251 e. The topological polar surface area (TPSA) is 82.5 Å². The van der Waals surface area contributed by atoms with Crippen LogP contribution in [-0.2, 0) is 0 Å². The third-order valence-corrected chi connectivity index (χ3v) is 2.60. The monoisotopic (exact) mass is 224 g/mol. The molecule has 0 spiro atoms. The van der Waals surface area contributed by atoms with Gasteiger partial charge in [0.25, 0.3) is 5.91 Å². The second-order valence-corrected chi connectivity index (χ2v) is 3.64. The molecule has 0 aliphatic heterocycles. The van der Waals surface area contributed by atoms with Crippen molar-refractivity contribution in [2.24, 2.45) is 0 Å². The van der Waals surface area contributed by atoms with E-state index in [1.54, 1.807) is 19.1 Å². The number of carbonyl (C=O) groups is 1. The highest BCUT2D eigenvalue weighted by atomic mass is 16.3. The van der Waals surface area contributed by atoms with E-state index < -0.39 is 5.54 Å². The van der Waals surface area contributed by atoms with Gasteiger partial charge < -0.3 is 15.5 Å². The van der Waals surface area contributed by atoms with E-state index in [2.05, 4.69) is 10.3 Å². The normalized spacial score (nSPS) is 11.2. The fourth-order valence-corrected chi connectivity index (χ4v) is 1.26. The van der Waals surface area contributed by atoms with Crippen LogP contribution in [0.3, 0.4) is 0 Å². The van der Waals surface area contributed by atoms with E-state index in [1.807, 2.05) is 0 Å². The molecule has 0 atom stereocenters. The summed E-state index contributed by atoms with van der Waals surface area (Å²) >= 11 is 0. The Balaban J connectivity index is 2.77. The molecular formula is C11H16N2O3. The summed E-state index contributed by atoms with van der Waals surface area (Å²) in [5.74, 6) is -0.327. The van der Waals surface area contributed by atoms with Gasteiger partial charge in [-0.05, 0) is 18.6 Å². The van der Waals surface area contributed by atoms with Gasteiger partial charge in [-0.25, -0.2) is 0 Å². The van der Waals surface area contributed by atoms with E-state index in [0.717, 1.165) is 0 Å². The Morgan fingerprint density at radius 2 is 1.94 bits per heavy atom. The van der Waals surface area contributed by atoms with Gasteiger partial charge in [0.15, 0.2) is 0 Å². The van der Waals surface area contributed by atoms with E-state index in [1.165, 1.54) is 12.4 Å². The highest BCUT2D eigenvalue weighted by Gasteiger charge is 2.28. The summed E-state index contributed by atoms with van der Waals surface area (Å²) < 4.78 is 0. The lowest BCUT2D eigenvalue weighted by molar-refractivity contribution is 0.0653. The molecule has 5 nitrogen and oxygen atoms in total. The molecule has 0 aliphatic rings. The Labute approximate surface area is 94.1 Å². The molecule has 0 saturated carbocycles. The molecular weight excluding hydrogens is 208 g/mol. The number of amides is 1. The number of aliphatic hydroxyl groups excluding tert-OH is 2. The summed E-state index contributed by atoms with van der Waals surface area (Å²) in [7, 11) is 0. The average molecular weight is 224 g/mol. The van der Waals surface area contributed by atoms with Crippen LogP contribution in [0.1, 0.15) is 23.7 Å². The van der Waals surface area contributed by atoms with Gasteiger partial charge in [-0.3, -0.25) is 9.78 Å². The SMILES string of the molecule is CCC(CO)(CO)NC(=O)c1ccncc1. The van der Waals surface area contributed by atoms with Gasteiger partial charge >= 0.3 is 0 Å². The van der Waals surface area contributed by atoms with Crippen molar-refractivity contribution in [3.8, 4) is 0 Å². The van der Waals surface area contributed by atoms with E-state index in [0.29, 0.717) is 12.0 Å². The number of nitrogens with zero attached hydrogens (tertiary/aromatic N) is 1. The lowest BCUT2D eigenvalue weighted by Gasteiger charge is -2.29. The van der Waals surface area contributed by atoms with Crippen molar-refractivity contribution < 1.29 is 15.0 Å². The molecule has 3 N–H and O–H groups in total. The van der Waals surface area contributed by atoms with Crippen molar-refractivity contribution in [3.05, 3.63) is 30.1 Å². The van der Waals surface area contributed by atoms with Crippen LogP contribution in [-0.4, -0.2) is 39.9 Å². The molecule has 1 aromatic heterocycles. The summed E-state index contributed by atoms with van der Waals surface area (Å²) in [4.78, 5) is 15.6. The molecule has 16 heavy (non-hydrogen) atoms. The number of rotatable bonds is 5. The minimum atomic E-state index is -0.958. The molecule has 0 unspecified atom stereocenters. The number of carbonyl (C=O) groups excluding carboxylic acids is 1. The second-order valence-electron chi connectivity index (χ2n) is 3.64. The summed E-state index contributed by atoms with van der Waals surface area (Å²) in [6.45, 7) is 1.20. The largest absolute Gasteiger partial charge is 0.394 e. The van der Waals surface area contributed by atoms with Crippen LogP contribution in [0.2, 0.25) is 0 Å². The van der Waals surface area contributed by atoms with Crippen LogP contribution in [0.4, 0.5) is 0 Å². The standard InChI is InChI=1S/C11H16N2O3/c1-2-11(7-14,8-15)13-10(16)9-3-5-12-6-4-9/h3-6,14-15H,2,7-8H2,1H3,(H,13,16). The third-order valence-electron chi connectivity index (χ3n) is 2.60. The number of aromatic nitrogens is 1. The highest BCUT2D eigenvalue weighted by Crippen LogP contribution is 2.10. The molecule has 0 bridgehead atoms. The van der Waals surface area contributed by atoms with Crippen molar-refractivity contribution >= 4 is 5.91 Å². The maximum absolute atomic E-state index is 11.8. The van der Waals surface area contributed by atoms with Crippen molar-refractivity contribution in [2.45, 2.75) is 18.9 Å². The van der Waals surface area contributed by atoms with Gasteiger partial charge in [-0.2, -0.15) is 0 Å². The molecule has 1 heterocycles. The van der Waals surface area contributed by atoms with E-state index in [-0.39, 0.29) is 19.1 Å². The van der Waals surface area contributed by atoms with Crippen LogP contribution in [0.25, 0.3) is 0 Å². The first-order valence-corrected chi connectivity index (χ1v) is 5.11. The number of hydrogen-bond donors (Lipinski definition) is 3. The van der Waals surface area contributed by atoms with Crippen LogP contribution in [0.15, 0.2) is 24.5 Å². The first-order chi connectivity index (χ1) is 7.67. The maximum atomic E-state index is 11.8. The predicted molar refractivity (Wildman–Crippen MR) is 58.9 cm³/mol. The molecule has 0 aromatic carbocycles. The molecule has 0 saturated heterocycles. The van der Waals surface area contributed by atoms with Gasteiger partial charge in [-0.15, -0.1) is 0 Å². The zero-order valence-electron chi connectivity index (χ0n) is 9.18. The highest BCUT2D eigenvalue weighted by molar-refractivity contribution is 5.94. The Hall–Kier alpha value is -1.46. The molecule has 5 heteroatoms. The molecule has 0 aliphatic carbocycles. The van der Waals surface area contributed by atoms with Gasteiger partial charge in [0.2, 0.25) is 0 Å². The molecule has 1 rings (SSSR count). The first-order valence-electron chi connectivity index (χ1n) is 5.11. The van der Waals surface area contributed by atoms with Crippen LogP contribution < -0.4 is 5.32 Å². The molecule has 88 valence electrons. The van der Waals surface area contributed by atoms with E-state index in [4.69, 9.17) is 0 Å². The maximum Gasteiger partial charge on any atom is 0.251 e. The Morgan fingerprint density at radius 1 is 1.38 bits per heavy atom. The first kappa shape index (κ1) is 12.6. The Kier molecular flexibility index (Phi) is 4.39.